The van der Waals surface area contributed by atoms with Crippen LogP contribution in [-0.2, 0) is 78.2 Å². The number of phenols is 1. The van der Waals surface area contributed by atoms with E-state index in [0.717, 1.165) is 42.7 Å². The summed E-state index contributed by atoms with van der Waals surface area (Å²) in [7, 11) is -9.73. The number of hydrogen-bond donors (Lipinski definition) is 8. The number of fused-ring (bicyclic) bond motifs is 2. The fraction of sp³-hybridized carbons (Fsp3) is 0.467. The maximum Gasteiger partial charge on any atom is 0.474 e. The minimum absolute atomic E-state index is 0.00108. The number of phosphoric acid groups is 3. The summed E-state index contributed by atoms with van der Waals surface area (Å²) in [6.45, 7) is -1.93. The van der Waals surface area contributed by atoms with Crippen LogP contribution in [-0.4, -0.2) is 182 Å². The number of benzene rings is 3. The summed E-state index contributed by atoms with van der Waals surface area (Å²) in [5, 5.41) is 46.1. The van der Waals surface area contributed by atoms with Crippen LogP contribution in [0, 0.1) is 0 Å². The Bertz CT molecular complexity index is 4130. The molecule has 2 aromatic heterocycles. The first kappa shape index (κ1) is 76.3. The first-order valence-corrected chi connectivity index (χ1v) is 35.0. The molecule has 2 amide bonds. The van der Waals surface area contributed by atoms with E-state index in [-0.39, 0.29) is 136 Å². The number of carbonyl (C=O) groups is 3. The molecule has 5 heterocycles. The first-order chi connectivity index (χ1) is 47.0. The number of nitrogens with zero attached hydrogens (tertiary/aromatic N) is 3. The van der Waals surface area contributed by atoms with Crippen LogP contribution in [0.25, 0.3) is 39.5 Å². The van der Waals surface area contributed by atoms with E-state index in [1.165, 1.54) is 66.9 Å². The van der Waals surface area contributed by atoms with Gasteiger partial charge in [-0.3, -0.25) is 74.0 Å². The van der Waals surface area contributed by atoms with Crippen molar-refractivity contribution in [1.82, 2.24) is 29.7 Å². The van der Waals surface area contributed by atoms with Crippen molar-refractivity contribution in [3.05, 3.63) is 137 Å². The van der Waals surface area contributed by atoms with Gasteiger partial charge in [-0.25, -0.2) is 28.1 Å². The SMILES string of the molecule is COP(=O)(OCCOCCOCCOP(=O)(OC)O[C@@H]1C[C@H](n2cc(/C=C/C(=O)NCCCCCCNC(=O)c3ccc(C(=O)O)c(-c4c5ccc(=O)cc-5oc5cc(O)ccc45)c3)c(=O)[nH]c2=O)O[C@@H]1COP(=O)(OC)OCCCO)OC[C@H]1O[C@@H](n2ccc(N)nc2=O)C[C@H]1O. The predicted octanol–water partition coefficient (Wildman–Crippen LogP) is 4.86. The van der Waals surface area contributed by atoms with Gasteiger partial charge in [-0.2, -0.15) is 4.98 Å². The molecule has 0 bridgehead atoms. The molecule has 2 fully saturated rings. The number of aliphatic hydroxyl groups is 2. The number of aromatic carboxylic acids is 1. The number of carbonyl (C=O) groups excluding carboxylic acids is 2. The molecule has 0 radical (unpaired) electrons. The van der Waals surface area contributed by atoms with E-state index < -0.39 is 108 Å². The normalized spacial score (nSPS) is 19.8. The molecular formula is C60H76N7O28P3. The summed E-state index contributed by atoms with van der Waals surface area (Å²) in [5.74, 6) is -2.25. The number of amides is 2. The van der Waals surface area contributed by atoms with Crippen molar-refractivity contribution >= 4 is 64.1 Å². The molecule has 2 aromatic carbocycles. The Hall–Kier alpha value is -7.47. The highest BCUT2D eigenvalue weighted by Gasteiger charge is 2.45. The van der Waals surface area contributed by atoms with Crippen molar-refractivity contribution in [3.8, 4) is 28.2 Å². The number of anilines is 1. The lowest BCUT2D eigenvalue weighted by Gasteiger charge is -2.24. The van der Waals surface area contributed by atoms with Crippen LogP contribution in [0.5, 0.6) is 5.75 Å². The number of H-pyrrole nitrogens is 1. The van der Waals surface area contributed by atoms with Gasteiger partial charge < -0.3 is 60.2 Å². The molecule has 3 unspecified atom stereocenters. The standard InChI is InChI=1S/C60H76N7O28P3/c1-82-96(79,87-22-8-21-68)91-36-50-48(95-98(81,84-3)89-28-26-86-24-23-85-25-27-88-97(80,83-2)90-35-49-45(71)32-53(93-49)66-20-17-51(61)64-59(66)77)33-54(94-50)67-34-38(57(74)65-60(67)78)10-16-52(72)62-18-6-4-5-7-19-63-56(73)37-9-13-41(58(75)76)44(29-37)55-42-14-11-39(69)30-46(42)92-47-31-40(70)12-15-43(47)55/h9-17,20,29-31,34,45,48-50,53-54,68-69,71H,4-8,18-19,21-28,32-33,35-36H2,1-3H3,(H,62,72)(H,63,73)(H,75,76)(H2,61,64,77)(H,65,74,78)/b16-10+/t45-,48-,49-,50-,53-,54-,96?,97?,98?/m1/s1. The van der Waals surface area contributed by atoms with Crippen LogP contribution >= 0.6 is 23.5 Å². The van der Waals surface area contributed by atoms with Crippen molar-refractivity contribution in [1.29, 1.82) is 0 Å². The molecule has 9 N–H and O–H groups in total. The lowest BCUT2D eigenvalue weighted by atomic mass is 9.89. The van der Waals surface area contributed by atoms with Crippen LogP contribution in [0.1, 0.15) is 83.7 Å². The number of hydrogen-bond acceptors (Lipinski definition) is 29. The number of ether oxygens (including phenoxy) is 4. The molecular weight excluding hydrogens is 1360 g/mol. The molecule has 35 nitrogen and oxygen atoms in total. The fourth-order valence-corrected chi connectivity index (χ4v) is 13.1. The largest absolute Gasteiger partial charge is 0.508 e. The van der Waals surface area contributed by atoms with Crippen LogP contribution in [0.15, 0.2) is 103 Å². The van der Waals surface area contributed by atoms with Gasteiger partial charge in [0, 0.05) is 107 Å². The fourth-order valence-electron chi connectivity index (χ4n) is 10.1. The highest BCUT2D eigenvalue weighted by Crippen LogP contribution is 2.54. The van der Waals surface area contributed by atoms with E-state index in [1.807, 2.05) is 0 Å². The number of aliphatic hydroxyl groups excluding tert-OH is 2. The molecule has 8 rings (SSSR count). The summed E-state index contributed by atoms with van der Waals surface area (Å²) in [6.07, 6.45) is 0.0914. The zero-order valence-corrected chi connectivity index (χ0v) is 56.0. The molecule has 534 valence electrons. The Morgan fingerprint density at radius 3 is 2.04 bits per heavy atom. The van der Waals surface area contributed by atoms with Crippen molar-refractivity contribution in [2.75, 3.05) is 106 Å². The topological polar surface area (TPSA) is 473 Å². The number of unbranched alkanes of at least 4 members (excludes halogenated alkanes) is 3. The first-order valence-electron chi connectivity index (χ1n) is 30.6. The molecule has 1 aliphatic carbocycles. The third-order valence-corrected chi connectivity index (χ3v) is 19.3. The van der Waals surface area contributed by atoms with Crippen LogP contribution in [0.3, 0.4) is 0 Å². The summed E-state index contributed by atoms with van der Waals surface area (Å²) in [6, 6.07) is 14.0. The van der Waals surface area contributed by atoms with E-state index in [1.54, 1.807) is 6.07 Å². The minimum Gasteiger partial charge on any atom is -0.508 e. The van der Waals surface area contributed by atoms with Gasteiger partial charge in [0.2, 0.25) is 5.91 Å². The number of phosphoric ester groups is 3. The second kappa shape index (κ2) is 36.0. The van der Waals surface area contributed by atoms with Crippen molar-refractivity contribution in [2.24, 2.45) is 0 Å². The lowest BCUT2D eigenvalue weighted by molar-refractivity contribution is -0.116. The highest BCUT2D eigenvalue weighted by atomic mass is 31.2. The van der Waals surface area contributed by atoms with Gasteiger partial charge in [-0.05, 0) is 79.4 Å². The van der Waals surface area contributed by atoms with E-state index >= 15 is 0 Å². The van der Waals surface area contributed by atoms with E-state index in [4.69, 9.17) is 69.8 Å². The molecule has 9 atom stereocenters. The number of nitrogens with one attached hydrogen (secondary N) is 3. The molecule has 2 saturated heterocycles. The zero-order valence-electron chi connectivity index (χ0n) is 53.3. The molecule has 0 spiro atoms. The van der Waals surface area contributed by atoms with E-state index in [0.29, 0.717) is 42.2 Å². The number of phenolic OH excluding ortho intramolecular Hbond substituents is 1. The van der Waals surface area contributed by atoms with Crippen molar-refractivity contribution < 1.29 is 113 Å². The number of rotatable bonds is 40. The van der Waals surface area contributed by atoms with Gasteiger partial charge >= 0.3 is 40.8 Å². The van der Waals surface area contributed by atoms with E-state index in [2.05, 4.69) is 20.6 Å². The predicted molar refractivity (Wildman–Crippen MR) is 345 cm³/mol. The van der Waals surface area contributed by atoms with Gasteiger partial charge in [0.1, 0.15) is 53.7 Å². The maximum absolute atomic E-state index is 13.9. The molecule has 0 saturated carbocycles. The number of nitrogen functional groups attached to an aromatic ring is 1. The maximum atomic E-state index is 13.9. The van der Waals surface area contributed by atoms with Crippen LogP contribution in [0.2, 0.25) is 0 Å². The number of carboxylic acids is 1. The Balaban J connectivity index is 0.774. The third-order valence-electron chi connectivity index (χ3n) is 15.0. The minimum atomic E-state index is -4.49. The average Bonchev–Trinajstić information content (AvgIpc) is 1.01. The van der Waals surface area contributed by atoms with E-state index in [9.17, 15) is 67.7 Å². The number of nitrogens with two attached hydrogens (primary N) is 1. The molecule has 38 heteroatoms. The van der Waals surface area contributed by atoms with Gasteiger partial charge in [-0.1, -0.05) is 12.8 Å². The number of carboxylic acid groups (broad SMARTS) is 1. The lowest BCUT2D eigenvalue weighted by Crippen LogP contribution is -2.33. The van der Waals surface area contributed by atoms with Crippen LogP contribution in [0.4, 0.5) is 5.82 Å². The number of aromatic nitrogens is 4. The Morgan fingerprint density at radius 1 is 0.724 bits per heavy atom. The van der Waals surface area contributed by atoms with Gasteiger partial charge in [-0.15, -0.1) is 0 Å². The summed E-state index contributed by atoms with van der Waals surface area (Å²) in [4.78, 5) is 95.5. The molecule has 4 aromatic rings. The van der Waals surface area contributed by atoms with Crippen LogP contribution < -0.4 is 38.7 Å². The molecule has 98 heavy (non-hydrogen) atoms. The average molecular weight is 1440 g/mol. The summed E-state index contributed by atoms with van der Waals surface area (Å²) in [5.41, 5.74) is 3.80. The second-order valence-electron chi connectivity index (χ2n) is 21.7. The number of aromatic hydroxyl groups is 1. The van der Waals surface area contributed by atoms with Gasteiger partial charge in [0.25, 0.3) is 11.5 Å². The smallest absolute Gasteiger partial charge is 0.474 e. The second-order valence-corrected chi connectivity index (χ2v) is 27.0. The third kappa shape index (κ3) is 21.0. The monoisotopic (exact) mass is 1440 g/mol. The quantitative estimate of drug-likeness (QED) is 0.0110. The Kier molecular flexibility index (Phi) is 28.1. The van der Waals surface area contributed by atoms with Crippen molar-refractivity contribution in [2.45, 2.75) is 81.8 Å². The molecule has 3 aliphatic heterocycles. The zero-order chi connectivity index (χ0) is 70.6. The highest BCUT2D eigenvalue weighted by molar-refractivity contribution is 7.49. The number of aromatic amines is 1. The van der Waals surface area contributed by atoms with Gasteiger partial charge in [0.15, 0.2) is 5.43 Å². The van der Waals surface area contributed by atoms with Gasteiger partial charge in [0.05, 0.1) is 76.7 Å². The summed E-state index contributed by atoms with van der Waals surface area (Å²) < 4.78 is 119. The van der Waals surface area contributed by atoms with Crippen molar-refractivity contribution in [3.63, 3.8) is 0 Å². The summed E-state index contributed by atoms with van der Waals surface area (Å²) >= 11 is 0. The molecule has 4 aliphatic rings. The Morgan fingerprint density at radius 2 is 1.37 bits per heavy atom. The Labute approximate surface area is 558 Å².